The minimum Gasteiger partial charge on any atom is -0.380 e. The number of aromatic nitrogens is 1. The van der Waals surface area contributed by atoms with Gasteiger partial charge >= 0.3 is 0 Å². The van der Waals surface area contributed by atoms with Crippen LogP contribution in [0.5, 0.6) is 0 Å². The third kappa shape index (κ3) is 4.20. The summed E-state index contributed by atoms with van der Waals surface area (Å²) >= 11 is 0. The Hall–Kier alpha value is -2.27. The molecule has 3 aromatic rings. The first-order valence-corrected chi connectivity index (χ1v) is 10.8. The number of hydrogen-bond acceptors (Lipinski definition) is 4. The summed E-state index contributed by atoms with van der Waals surface area (Å²) in [7, 11) is 0. The van der Waals surface area contributed by atoms with Gasteiger partial charge in [0.15, 0.2) is 0 Å². The van der Waals surface area contributed by atoms with Crippen LogP contribution < -0.4 is 0 Å². The molecule has 0 bridgehead atoms. The van der Waals surface area contributed by atoms with Crippen molar-refractivity contribution < 1.29 is 4.74 Å². The lowest BCUT2D eigenvalue weighted by molar-refractivity contribution is 0.0441. The Labute approximate surface area is 173 Å². The summed E-state index contributed by atoms with van der Waals surface area (Å²) in [6, 6.07) is 22.2. The van der Waals surface area contributed by atoms with Gasteiger partial charge in [0.05, 0.1) is 18.7 Å². The van der Waals surface area contributed by atoms with Gasteiger partial charge in [0, 0.05) is 56.3 Å². The second kappa shape index (κ2) is 8.62. The van der Waals surface area contributed by atoms with Gasteiger partial charge in [-0.15, -0.1) is 0 Å². The highest BCUT2D eigenvalue weighted by atomic mass is 16.5. The van der Waals surface area contributed by atoms with Crippen molar-refractivity contribution in [3.8, 4) is 0 Å². The molecule has 0 radical (unpaired) electrons. The van der Waals surface area contributed by atoms with E-state index in [1.807, 2.05) is 12.3 Å². The molecule has 2 fully saturated rings. The first-order valence-electron chi connectivity index (χ1n) is 10.8. The van der Waals surface area contributed by atoms with Gasteiger partial charge in [0.25, 0.3) is 0 Å². The lowest BCUT2D eigenvalue weighted by Gasteiger charge is -2.42. The zero-order valence-corrected chi connectivity index (χ0v) is 16.9. The predicted octanol–water partition coefficient (Wildman–Crippen LogP) is 3.96. The number of fused-ring (bicyclic) bond motifs is 2. The first kappa shape index (κ1) is 18.7. The molecule has 1 aromatic heterocycles. The number of rotatable bonds is 4. The summed E-state index contributed by atoms with van der Waals surface area (Å²) in [5.74, 6) is 0.567. The average Bonchev–Trinajstić information content (AvgIpc) is 2.97. The number of hydrogen-bond donors (Lipinski definition) is 0. The van der Waals surface area contributed by atoms with Gasteiger partial charge in [-0.2, -0.15) is 0 Å². The van der Waals surface area contributed by atoms with Crippen LogP contribution in [0.15, 0.2) is 66.9 Å². The van der Waals surface area contributed by atoms with Crippen LogP contribution in [0, 0.1) is 5.92 Å². The van der Waals surface area contributed by atoms with E-state index < -0.39 is 0 Å². The van der Waals surface area contributed by atoms with Crippen LogP contribution in [-0.2, 0) is 17.8 Å². The number of piperidine rings is 1. The molecule has 3 heterocycles. The molecule has 2 saturated heterocycles. The van der Waals surface area contributed by atoms with E-state index in [-0.39, 0.29) is 0 Å². The average molecular weight is 388 g/mol. The SMILES string of the molecule is c1ccc(CN2CCOC[C@H]3CN(Cc4cccc5cccnc45)CC[C@H]32)cc1. The smallest absolute Gasteiger partial charge is 0.0746 e. The van der Waals surface area contributed by atoms with E-state index in [0.29, 0.717) is 12.0 Å². The molecule has 2 aromatic carbocycles. The van der Waals surface area contributed by atoms with Crippen molar-refractivity contribution in [1.82, 2.24) is 14.8 Å². The fourth-order valence-electron chi connectivity index (χ4n) is 5.02. The number of nitrogens with zero attached hydrogens (tertiary/aromatic N) is 3. The second-order valence-corrected chi connectivity index (χ2v) is 8.37. The predicted molar refractivity (Wildman–Crippen MR) is 117 cm³/mol. The number of likely N-dealkylation sites (tertiary alicyclic amines) is 1. The van der Waals surface area contributed by atoms with Crippen LogP contribution in [0.4, 0.5) is 0 Å². The molecule has 0 unspecified atom stereocenters. The van der Waals surface area contributed by atoms with Crippen LogP contribution in [0.1, 0.15) is 17.5 Å². The number of ether oxygens (including phenoxy) is 1. The molecule has 150 valence electrons. The largest absolute Gasteiger partial charge is 0.380 e. The van der Waals surface area contributed by atoms with Gasteiger partial charge in [-0.25, -0.2) is 0 Å². The maximum absolute atomic E-state index is 6.02. The molecule has 2 aliphatic heterocycles. The van der Waals surface area contributed by atoms with Crippen LogP contribution in [0.2, 0.25) is 0 Å². The Morgan fingerprint density at radius 2 is 1.83 bits per heavy atom. The minimum atomic E-state index is 0.567. The van der Waals surface area contributed by atoms with Crippen LogP contribution in [0.25, 0.3) is 10.9 Å². The molecule has 29 heavy (non-hydrogen) atoms. The van der Waals surface area contributed by atoms with E-state index in [4.69, 9.17) is 4.74 Å². The molecule has 0 spiro atoms. The summed E-state index contributed by atoms with van der Waals surface area (Å²) in [6.45, 7) is 6.97. The van der Waals surface area contributed by atoms with Crippen molar-refractivity contribution in [1.29, 1.82) is 0 Å². The first-order chi connectivity index (χ1) is 14.4. The maximum atomic E-state index is 6.02. The maximum Gasteiger partial charge on any atom is 0.0746 e. The van der Waals surface area contributed by atoms with Crippen molar-refractivity contribution in [3.05, 3.63) is 78.0 Å². The summed E-state index contributed by atoms with van der Waals surface area (Å²) in [5.41, 5.74) is 3.87. The molecular weight excluding hydrogens is 358 g/mol. The molecule has 2 aliphatic rings. The number of pyridine rings is 1. The Kier molecular flexibility index (Phi) is 5.57. The van der Waals surface area contributed by atoms with Gasteiger partial charge < -0.3 is 4.74 Å². The monoisotopic (exact) mass is 387 g/mol. The van der Waals surface area contributed by atoms with E-state index >= 15 is 0 Å². The highest BCUT2D eigenvalue weighted by Crippen LogP contribution is 2.28. The van der Waals surface area contributed by atoms with Crippen molar-refractivity contribution in [2.75, 3.05) is 32.8 Å². The minimum absolute atomic E-state index is 0.567. The van der Waals surface area contributed by atoms with Crippen molar-refractivity contribution in [2.45, 2.75) is 25.6 Å². The Morgan fingerprint density at radius 1 is 0.931 bits per heavy atom. The van der Waals surface area contributed by atoms with Crippen molar-refractivity contribution >= 4 is 10.9 Å². The van der Waals surface area contributed by atoms with E-state index in [0.717, 1.165) is 51.5 Å². The number of para-hydroxylation sites is 1. The second-order valence-electron chi connectivity index (χ2n) is 8.37. The van der Waals surface area contributed by atoms with Crippen molar-refractivity contribution in [2.24, 2.45) is 5.92 Å². The third-order valence-electron chi connectivity index (χ3n) is 6.44. The zero-order chi connectivity index (χ0) is 19.5. The molecule has 0 aliphatic carbocycles. The Morgan fingerprint density at radius 3 is 2.76 bits per heavy atom. The highest BCUT2D eigenvalue weighted by Gasteiger charge is 2.35. The van der Waals surface area contributed by atoms with Gasteiger partial charge in [-0.05, 0) is 23.6 Å². The van der Waals surface area contributed by atoms with Crippen LogP contribution in [0.3, 0.4) is 0 Å². The van der Waals surface area contributed by atoms with Crippen molar-refractivity contribution in [3.63, 3.8) is 0 Å². The molecule has 2 atom stereocenters. The van der Waals surface area contributed by atoms with Gasteiger partial charge in [-0.1, -0.05) is 54.6 Å². The zero-order valence-electron chi connectivity index (χ0n) is 16.9. The summed E-state index contributed by atoms with van der Waals surface area (Å²) in [6.07, 6.45) is 3.11. The summed E-state index contributed by atoms with van der Waals surface area (Å²) < 4.78 is 6.02. The molecule has 5 rings (SSSR count). The topological polar surface area (TPSA) is 28.6 Å². The highest BCUT2D eigenvalue weighted by molar-refractivity contribution is 5.81. The molecule has 4 heteroatoms. The fourth-order valence-corrected chi connectivity index (χ4v) is 5.02. The molecule has 0 N–H and O–H groups in total. The van der Waals surface area contributed by atoms with Gasteiger partial charge in [0.1, 0.15) is 0 Å². The van der Waals surface area contributed by atoms with Crippen LogP contribution in [-0.4, -0.2) is 53.7 Å². The Balaban J connectivity index is 1.30. The Bertz CT molecular complexity index is 940. The molecule has 0 amide bonds. The van der Waals surface area contributed by atoms with Gasteiger partial charge in [-0.3, -0.25) is 14.8 Å². The molecule has 4 nitrogen and oxygen atoms in total. The fraction of sp³-hybridized carbons (Fsp3) is 0.400. The van der Waals surface area contributed by atoms with Crippen LogP contribution >= 0.6 is 0 Å². The normalized spacial score (nSPS) is 23.6. The quantitative estimate of drug-likeness (QED) is 0.678. The molecular formula is C25H29N3O. The number of benzene rings is 2. The summed E-state index contributed by atoms with van der Waals surface area (Å²) in [5, 5.41) is 1.23. The molecule has 0 saturated carbocycles. The summed E-state index contributed by atoms with van der Waals surface area (Å²) in [4.78, 5) is 9.90. The van der Waals surface area contributed by atoms with E-state index in [1.165, 1.54) is 22.9 Å². The van der Waals surface area contributed by atoms with E-state index in [1.54, 1.807) is 0 Å². The lowest BCUT2D eigenvalue weighted by Crippen LogP contribution is -2.50. The lowest BCUT2D eigenvalue weighted by atomic mass is 9.90. The van der Waals surface area contributed by atoms with E-state index in [2.05, 4.69) is 69.4 Å². The third-order valence-corrected chi connectivity index (χ3v) is 6.44. The van der Waals surface area contributed by atoms with Gasteiger partial charge in [0.2, 0.25) is 0 Å². The van der Waals surface area contributed by atoms with E-state index in [9.17, 15) is 0 Å². The standard InChI is InChI=1S/C25H29N3O/c1-2-6-20(7-3-1)16-28-14-15-29-19-23-18-27(13-11-24(23)28)17-22-9-4-8-21-10-5-12-26-25(21)22/h1-10,12,23-24H,11,13-19H2/t23-,24-/m1/s1.